The van der Waals surface area contributed by atoms with E-state index in [0.29, 0.717) is 0 Å². The highest BCUT2D eigenvalue weighted by Gasteiger charge is 2.26. The molecule has 0 saturated heterocycles. The van der Waals surface area contributed by atoms with Crippen molar-refractivity contribution in [3.8, 4) is 0 Å². The van der Waals surface area contributed by atoms with Crippen molar-refractivity contribution in [2.24, 2.45) is 0 Å². The SMILES string of the molecule is CCCCc1cn([Si](C)(C)C)c(=S)n1[Si](C)(C)C. The van der Waals surface area contributed by atoms with Crippen molar-refractivity contribution in [2.45, 2.75) is 65.5 Å². The maximum Gasteiger partial charge on any atom is 0.163 e. The van der Waals surface area contributed by atoms with Crippen LogP contribution in [0.1, 0.15) is 25.5 Å². The van der Waals surface area contributed by atoms with E-state index < -0.39 is 16.5 Å². The Morgan fingerprint density at radius 3 is 2.00 bits per heavy atom. The number of hydrogen-bond acceptors (Lipinski definition) is 1. The van der Waals surface area contributed by atoms with E-state index in [4.69, 9.17) is 12.2 Å². The topological polar surface area (TPSA) is 9.86 Å². The summed E-state index contributed by atoms with van der Waals surface area (Å²) in [5.41, 5.74) is 1.46. The van der Waals surface area contributed by atoms with E-state index in [1.165, 1.54) is 25.0 Å². The summed E-state index contributed by atoms with van der Waals surface area (Å²) >= 11 is 5.75. The normalized spacial score (nSPS) is 13.1. The second-order valence-corrected chi connectivity index (χ2v) is 17.0. The Hall–Kier alpha value is -0.136. The minimum Gasteiger partial charge on any atom is -0.352 e. The van der Waals surface area contributed by atoms with Crippen LogP contribution in [0.4, 0.5) is 0 Å². The number of aryl methyl sites for hydroxylation is 1. The van der Waals surface area contributed by atoms with Crippen molar-refractivity contribution in [2.75, 3.05) is 0 Å². The van der Waals surface area contributed by atoms with Crippen LogP contribution in [0.15, 0.2) is 6.20 Å². The molecule has 5 heteroatoms. The van der Waals surface area contributed by atoms with Crippen LogP contribution >= 0.6 is 12.2 Å². The number of nitrogens with zero attached hydrogens (tertiary/aromatic N) is 2. The van der Waals surface area contributed by atoms with Crippen LogP contribution < -0.4 is 0 Å². The molecule has 0 fully saturated rings. The van der Waals surface area contributed by atoms with Crippen molar-refractivity contribution in [3.63, 3.8) is 0 Å². The van der Waals surface area contributed by atoms with Crippen LogP contribution in [-0.4, -0.2) is 24.9 Å². The zero-order valence-corrected chi connectivity index (χ0v) is 15.8. The van der Waals surface area contributed by atoms with E-state index >= 15 is 0 Å². The molecule has 0 aromatic carbocycles. The molecule has 0 atom stereocenters. The van der Waals surface area contributed by atoms with Crippen LogP contribution in [0.5, 0.6) is 0 Å². The molecule has 18 heavy (non-hydrogen) atoms. The zero-order valence-electron chi connectivity index (χ0n) is 13.0. The molecule has 0 radical (unpaired) electrons. The average Bonchev–Trinajstić information content (AvgIpc) is 2.51. The molecule has 0 unspecified atom stereocenters. The highest BCUT2D eigenvalue weighted by Crippen LogP contribution is 2.19. The number of unbranched alkanes of at least 4 members (excludes halogenated alkanes) is 1. The van der Waals surface area contributed by atoms with Crippen molar-refractivity contribution < 1.29 is 0 Å². The number of hydrogen-bond donors (Lipinski definition) is 0. The smallest absolute Gasteiger partial charge is 0.163 e. The third-order valence-corrected chi connectivity index (χ3v) is 7.47. The molecule has 1 heterocycles. The third-order valence-electron chi connectivity index (χ3n) is 3.14. The van der Waals surface area contributed by atoms with Crippen LogP contribution in [0, 0.1) is 4.77 Å². The Bertz CT molecular complexity index is 461. The van der Waals surface area contributed by atoms with E-state index in [2.05, 4.69) is 60.9 Å². The molecule has 1 aromatic heterocycles. The standard InChI is InChI=1S/C13H28N2SSi2/c1-8-9-10-12-11-14(17(2,3)4)13(16)15(12)18(5,6)7/h11H,8-10H2,1-7H3. The Morgan fingerprint density at radius 2 is 1.61 bits per heavy atom. The van der Waals surface area contributed by atoms with E-state index in [1.807, 2.05) is 0 Å². The van der Waals surface area contributed by atoms with Crippen molar-refractivity contribution in [3.05, 3.63) is 16.7 Å². The summed E-state index contributed by atoms with van der Waals surface area (Å²) in [6, 6.07) is 0. The van der Waals surface area contributed by atoms with Gasteiger partial charge in [0, 0.05) is 11.9 Å². The molecule has 0 aliphatic carbocycles. The second kappa shape index (κ2) is 5.47. The van der Waals surface area contributed by atoms with Gasteiger partial charge in [-0.05, 0) is 25.1 Å². The molecule has 0 amide bonds. The molecule has 2 nitrogen and oxygen atoms in total. The highest BCUT2D eigenvalue weighted by molar-refractivity contribution is 7.71. The monoisotopic (exact) mass is 300 g/mol. The lowest BCUT2D eigenvalue weighted by atomic mass is 10.2. The largest absolute Gasteiger partial charge is 0.352 e. The fourth-order valence-electron chi connectivity index (χ4n) is 2.23. The summed E-state index contributed by atoms with van der Waals surface area (Å²) in [6.07, 6.45) is 6.02. The zero-order chi connectivity index (χ0) is 14.1. The molecule has 0 aliphatic heterocycles. The highest BCUT2D eigenvalue weighted by atomic mass is 32.1. The second-order valence-electron chi connectivity index (χ2n) is 7.05. The van der Waals surface area contributed by atoms with Gasteiger partial charge in [-0.15, -0.1) is 0 Å². The third kappa shape index (κ3) is 3.45. The maximum absolute atomic E-state index is 5.75. The molecule has 0 aliphatic rings. The summed E-state index contributed by atoms with van der Waals surface area (Å²) in [5.74, 6) is 0. The van der Waals surface area contributed by atoms with Gasteiger partial charge in [0.05, 0.1) is 0 Å². The van der Waals surface area contributed by atoms with Gasteiger partial charge in [0.1, 0.15) is 0 Å². The van der Waals surface area contributed by atoms with Gasteiger partial charge in [0.15, 0.2) is 21.2 Å². The van der Waals surface area contributed by atoms with Gasteiger partial charge < -0.3 is 8.47 Å². The summed E-state index contributed by atoms with van der Waals surface area (Å²) in [7, 11) is -2.81. The first-order valence-electron chi connectivity index (χ1n) is 6.93. The maximum atomic E-state index is 5.75. The van der Waals surface area contributed by atoms with Gasteiger partial charge in [0.25, 0.3) is 0 Å². The van der Waals surface area contributed by atoms with Crippen LogP contribution in [0.25, 0.3) is 0 Å². The first-order valence-corrected chi connectivity index (χ1v) is 14.2. The Kier molecular flexibility index (Phi) is 4.83. The van der Waals surface area contributed by atoms with E-state index in [0.717, 1.165) is 4.77 Å². The fourth-order valence-corrected chi connectivity index (χ4v) is 7.06. The lowest BCUT2D eigenvalue weighted by Crippen LogP contribution is -2.36. The number of aromatic nitrogens is 2. The quantitative estimate of drug-likeness (QED) is 0.564. The molecule has 0 saturated carbocycles. The summed E-state index contributed by atoms with van der Waals surface area (Å²) in [5, 5.41) is 0. The van der Waals surface area contributed by atoms with Crippen LogP contribution in [-0.2, 0) is 6.42 Å². The summed E-state index contributed by atoms with van der Waals surface area (Å²) in [6.45, 7) is 16.5. The Labute approximate surface area is 119 Å². The minimum absolute atomic E-state index is 1.07. The Balaban J connectivity index is 3.38. The predicted molar refractivity (Wildman–Crippen MR) is 89.4 cm³/mol. The lowest BCUT2D eigenvalue weighted by molar-refractivity contribution is 0.766. The van der Waals surface area contributed by atoms with Crippen molar-refractivity contribution in [1.82, 2.24) is 8.47 Å². The molecule has 0 N–H and O–H groups in total. The molecule has 0 bridgehead atoms. The van der Waals surface area contributed by atoms with Crippen molar-refractivity contribution in [1.29, 1.82) is 0 Å². The Morgan fingerprint density at radius 1 is 1.06 bits per heavy atom. The summed E-state index contributed by atoms with van der Waals surface area (Å²) in [4.78, 5) is 0. The van der Waals surface area contributed by atoms with Gasteiger partial charge in [-0.1, -0.05) is 52.6 Å². The summed E-state index contributed by atoms with van der Waals surface area (Å²) < 4.78 is 5.97. The van der Waals surface area contributed by atoms with E-state index in [-0.39, 0.29) is 0 Å². The first kappa shape index (κ1) is 15.9. The predicted octanol–water partition coefficient (Wildman–Crippen LogP) is 4.73. The molecule has 1 aromatic rings. The molecule has 104 valence electrons. The lowest BCUT2D eigenvalue weighted by Gasteiger charge is -2.23. The number of rotatable bonds is 5. The van der Waals surface area contributed by atoms with Gasteiger partial charge in [-0.3, -0.25) is 0 Å². The van der Waals surface area contributed by atoms with E-state index in [1.54, 1.807) is 0 Å². The first-order chi connectivity index (χ1) is 8.09. The van der Waals surface area contributed by atoms with E-state index in [9.17, 15) is 0 Å². The van der Waals surface area contributed by atoms with Gasteiger partial charge in [-0.25, -0.2) is 0 Å². The van der Waals surface area contributed by atoms with Gasteiger partial charge in [-0.2, -0.15) is 0 Å². The number of imidazole rings is 1. The van der Waals surface area contributed by atoms with Crippen LogP contribution in [0.3, 0.4) is 0 Å². The average molecular weight is 301 g/mol. The molecule has 1 rings (SSSR count). The van der Waals surface area contributed by atoms with Crippen LogP contribution in [0.2, 0.25) is 39.3 Å². The molecule has 0 spiro atoms. The molecular weight excluding hydrogens is 272 g/mol. The van der Waals surface area contributed by atoms with Crippen molar-refractivity contribution >= 4 is 28.7 Å². The van der Waals surface area contributed by atoms with Gasteiger partial charge in [0.2, 0.25) is 0 Å². The fraction of sp³-hybridized carbons (Fsp3) is 0.769. The minimum atomic E-state index is -1.42. The molecular formula is C13H28N2SSi2. The van der Waals surface area contributed by atoms with Gasteiger partial charge >= 0.3 is 0 Å².